The van der Waals surface area contributed by atoms with Gasteiger partial charge in [0.15, 0.2) is 0 Å². The van der Waals surface area contributed by atoms with E-state index in [1.54, 1.807) is 6.92 Å². The monoisotopic (exact) mass is 402 g/mol. The minimum atomic E-state index is -0.717. The molecule has 0 heterocycles. The molecule has 0 bridgehead atoms. The molecule has 0 aromatic heterocycles. The third-order valence-corrected chi connectivity index (χ3v) is 4.86. The van der Waals surface area contributed by atoms with Crippen LogP contribution >= 0.6 is 0 Å². The molecule has 0 aliphatic heterocycles. The molecule has 162 valence electrons. The SMILES string of the molecule is CCCCCCCCCC[C@H](OCc1ccccc1)[C@H](O)CC#CC(=O)OCC. The summed E-state index contributed by atoms with van der Waals surface area (Å²) < 4.78 is 10.8. The number of aliphatic hydroxyl groups excluding tert-OH is 1. The summed E-state index contributed by atoms with van der Waals surface area (Å²) in [4.78, 5) is 11.3. The Hall–Kier alpha value is -1.83. The Kier molecular flexibility index (Phi) is 14.8. The molecule has 1 aromatic rings. The summed E-state index contributed by atoms with van der Waals surface area (Å²) in [6, 6.07) is 9.96. The van der Waals surface area contributed by atoms with Gasteiger partial charge >= 0.3 is 5.97 Å². The quantitative estimate of drug-likeness (QED) is 0.184. The molecule has 0 radical (unpaired) electrons. The maximum atomic E-state index is 11.3. The van der Waals surface area contributed by atoms with Gasteiger partial charge in [-0.15, -0.1) is 0 Å². The smallest absolute Gasteiger partial charge is 0.384 e. The van der Waals surface area contributed by atoms with E-state index in [2.05, 4.69) is 18.8 Å². The normalized spacial score (nSPS) is 12.7. The number of rotatable bonds is 15. The maximum Gasteiger partial charge on any atom is 0.384 e. The first-order chi connectivity index (χ1) is 14.2. The van der Waals surface area contributed by atoms with Gasteiger partial charge in [-0.2, -0.15) is 0 Å². The van der Waals surface area contributed by atoms with Crippen molar-refractivity contribution >= 4 is 5.97 Å². The Bertz CT molecular complexity index is 588. The van der Waals surface area contributed by atoms with Crippen LogP contribution in [0.2, 0.25) is 0 Å². The molecule has 0 unspecified atom stereocenters. The average Bonchev–Trinajstić information content (AvgIpc) is 2.73. The van der Waals surface area contributed by atoms with Crippen molar-refractivity contribution in [1.82, 2.24) is 0 Å². The van der Waals surface area contributed by atoms with E-state index in [1.165, 1.54) is 38.5 Å². The second-order valence-electron chi connectivity index (χ2n) is 7.39. The van der Waals surface area contributed by atoms with E-state index in [1.807, 2.05) is 30.3 Å². The number of hydrogen-bond acceptors (Lipinski definition) is 4. The second kappa shape index (κ2) is 17.1. The third kappa shape index (κ3) is 13.1. The summed E-state index contributed by atoms with van der Waals surface area (Å²) in [5, 5.41) is 10.5. The van der Waals surface area contributed by atoms with Crippen molar-refractivity contribution in [3.63, 3.8) is 0 Å². The van der Waals surface area contributed by atoms with Crippen LogP contribution < -0.4 is 0 Å². The fourth-order valence-electron chi connectivity index (χ4n) is 3.17. The van der Waals surface area contributed by atoms with E-state index in [-0.39, 0.29) is 12.5 Å². The lowest BCUT2D eigenvalue weighted by Crippen LogP contribution is -2.28. The fourth-order valence-corrected chi connectivity index (χ4v) is 3.17. The van der Waals surface area contributed by atoms with Crippen LogP contribution in [0.5, 0.6) is 0 Å². The van der Waals surface area contributed by atoms with Gasteiger partial charge < -0.3 is 14.6 Å². The second-order valence-corrected chi connectivity index (χ2v) is 7.39. The molecule has 0 aliphatic rings. The number of esters is 1. The van der Waals surface area contributed by atoms with E-state index in [4.69, 9.17) is 9.47 Å². The molecule has 0 amide bonds. The number of aliphatic hydroxyl groups is 1. The van der Waals surface area contributed by atoms with Gasteiger partial charge in [0.05, 0.1) is 25.4 Å². The van der Waals surface area contributed by atoms with Gasteiger partial charge in [0.1, 0.15) is 0 Å². The lowest BCUT2D eigenvalue weighted by Gasteiger charge is -2.22. The largest absolute Gasteiger partial charge is 0.456 e. The van der Waals surface area contributed by atoms with E-state index < -0.39 is 12.1 Å². The van der Waals surface area contributed by atoms with Crippen LogP contribution in [0.1, 0.15) is 83.6 Å². The van der Waals surface area contributed by atoms with Gasteiger partial charge in [-0.25, -0.2) is 4.79 Å². The molecule has 0 aliphatic carbocycles. The number of carbonyl (C=O) groups is 1. The minimum Gasteiger partial charge on any atom is -0.456 e. The Balaban J connectivity index is 2.44. The number of ether oxygens (including phenoxy) is 2. The number of benzene rings is 1. The predicted octanol–water partition coefficient (Wildman–Crippen LogP) is 5.42. The third-order valence-electron chi connectivity index (χ3n) is 4.86. The zero-order valence-corrected chi connectivity index (χ0v) is 18.2. The molecule has 4 nitrogen and oxygen atoms in total. The summed E-state index contributed by atoms with van der Waals surface area (Å²) in [5.41, 5.74) is 1.08. The van der Waals surface area contributed by atoms with Crippen molar-refractivity contribution in [2.45, 2.75) is 96.9 Å². The van der Waals surface area contributed by atoms with Crippen molar-refractivity contribution in [2.24, 2.45) is 0 Å². The van der Waals surface area contributed by atoms with Crippen LogP contribution in [0.15, 0.2) is 30.3 Å². The molecule has 0 fully saturated rings. The van der Waals surface area contributed by atoms with Gasteiger partial charge in [-0.05, 0) is 18.9 Å². The number of unbranched alkanes of at least 4 members (excludes halogenated alkanes) is 7. The lowest BCUT2D eigenvalue weighted by molar-refractivity contribution is -0.136. The predicted molar refractivity (Wildman–Crippen MR) is 117 cm³/mol. The van der Waals surface area contributed by atoms with Crippen LogP contribution in [-0.4, -0.2) is 29.9 Å². The Morgan fingerprint density at radius 3 is 2.31 bits per heavy atom. The highest BCUT2D eigenvalue weighted by atomic mass is 16.5. The van der Waals surface area contributed by atoms with Crippen molar-refractivity contribution in [3.8, 4) is 11.8 Å². The summed E-state index contributed by atoms with van der Waals surface area (Å²) in [6.07, 6.45) is 9.93. The molecule has 0 spiro atoms. The highest BCUT2D eigenvalue weighted by molar-refractivity contribution is 5.88. The Morgan fingerprint density at radius 2 is 1.66 bits per heavy atom. The van der Waals surface area contributed by atoms with Crippen LogP contribution in [0.25, 0.3) is 0 Å². The van der Waals surface area contributed by atoms with E-state index in [9.17, 15) is 9.90 Å². The summed E-state index contributed by atoms with van der Waals surface area (Å²) in [7, 11) is 0. The zero-order valence-electron chi connectivity index (χ0n) is 18.2. The topological polar surface area (TPSA) is 55.8 Å². The van der Waals surface area contributed by atoms with Crippen molar-refractivity contribution in [2.75, 3.05) is 6.61 Å². The summed E-state index contributed by atoms with van der Waals surface area (Å²) in [6.45, 7) is 4.74. The first-order valence-corrected chi connectivity index (χ1v) is 11.2. The molecule has 4 heteroatoms. The molecule has 1 aromatic carbocycles. The van der Waals surface area contributed by atoms with Crippen molar-refractivity contribution in [1.29, 1.82) is 0 Å². The van der Waals surface area contributed by atoms with E-state index >= 15 is 0 Å². The highest BCUT2D eigenvalue weighted by Crippen LogP contribution is 2.17. The average molecular weight is 403 g/mol. The Labute approximate surface area is 177 Å². The highest BCUT2D eigenvalue weighted by Gasteiger charge is 2.19. The molecular weight excluding hydrogens is 364 g/mol. The summed E-state index contributed by atoms with van der Waals surface area (Å²) >= 11 is 0. The van der Waals surface area contributed by atoms with Crippen LogP contribution in [0, 0.1) is 11.8 Å². The molecule has 29 heavy (non-hydrogen) atoms. The van der Waals surface area contributed by atoms with Crippen molar-refractivity contribution in [3.05, 3.63) is 35.9 Å². The van der Waals surface area contributed by atoms with Crippen LogP contribution in [0.3, 0.4) is 0 Å². The van der Waals surface area contributed by atoms with E-state index in [0.717, 1.165) is 24.8 Å². The van der Waals surface area contributed by atoms with Gasteiger partial charge in [0.25, 0.3) is 0 Å². The first-order valence-electron chi connectivity index (χ1n) is 11.2. The fraction of sp³-hybridized carbons (Fsp3) is 0.640. The Morgan fingerprint density at radius 1 is 1.00 bits per heavy atom. The zero-order chi connectivity index (χ0) is 21.2. The first kappa shape index (κ1) is 25.2. The maximum absolute atomic E-state index is 11.3. The standard InChI is InChI=1S/C25H38O4/c1-3-5-6-7-8-9-10-14-19-24(29-21-22-16-12-11-13-17-22)23(26)18-15-20-25(27)28-4-2/h11-13,16-17,23-24,26H,3-10,14,18-19,21H2,1-2H3/t23-,24+/m1/s1. The molecule has 0 saturated heterocycles. The minimum absolute atomic E-state index is 0.204. The van der Waals surface area contributed by atoms with Crippen molar-refractivity contribution < 1.29 is 19.4 Å². The van der Waals surface area contributed by atoms with Gasteiger partial charge in [0.2, 0.25) is 0 Å². The van der Waals surface area contributed by atoms with Gasteiger partial charge in [-0.3, -0.25) is 0 Å². The molecule has 2 atom stereocenters. The van der Waals surface area contributed by atoms with Crippen LogP contribution in [0.4, 0.5) is 0 Å². The summed E-state index contributed by atoms with van der Waals surface area (Å²) in [5.74, 6) is 4.59. The van der Waals surface area contributed by atoms with Gasteiger partial charge in [-0.1, -0.05) is 94.5 Å². The van der Waals surface area contributed by atoms with Crippen LogP contribution in [-0.2, 0) is 20.9 Å². The molecule has 0 saturated carbocycles. The molecule has 1 rings (SSSR count). The number of carbonyl (C=O) groups excluding carboxylic acids is 1. The lowest BCUT2D eigenvalue weighted by atomic mass is 10.0. The molecule has 1 N–H and O–H groups in total. The number of hydrogen-bond donors (Lipinski definition) is 1. The molecular formula is C25H38O4. The van der Waals surface area contributed by atoms with Gasteiger partial charge in [0, 0.05) is 12.3 Å². The van der Waals surface area contributed by atoms with E-state index in [0.29, 0.717) is 13.2 Å².